The first-order chi connectivity index (χ1) is 16.1. The van der Waals surface area contributed by atoms with Crippen LogP contribution in [0.15, 0.2) is 47.5 Å². The van der Waals surface area contributed by atoms with E-state index in [-0.39, 0.29) is 5.91 Å². The predicted octanol–water partition coefficient (Wildman–Crippen LogP) is 5.79. The summed E-state index contributed by atoms with van der Waals surface area (Å²) >= 11 is 1.77. The predicted molar refractivity (Wildman–Crippen MR) is 136 cm³/mol. The third kappa shape index (κ3) is 5.12. The number of hydrogen-bond acceptors (Lipinski definition) is 4. The molecule has 3 heterocycles. The normalized spacial score (nSPS) is 19.2. The first-order valence-corrected chi connectivity index (χ1v) is 13.3. The Morgan fingerprint density at radius 2 is 2.03 bits per heavy atom. The van der Waals surface area contributed by atoms with Crippen LogP contribution in [0.3, 0.4) is 0 Å². The third-order valence-corrected chi connectivity index (χ3v) is 7.80. The molecular formula is C27H34N4OS. The molecule has 0 radical (unpaired) electrons. The van der Waals surface area contributed by atoms with Crippen molar-refractivity contribution in [3.8, 4) is 0 Å². The van der Waals surface area contributed by atoms with Crippen LogP contribution in [0, 0.1) is 0 Å². The maximum absolute atomic E-state index is 12.9. The molecule has 1 atom stereocenters. The Morgan fingerprint density at radius 3 is 2.76 bits per heavy atom. The lowest BCUT2D eigenvalue weighted by Gasteiger charge is -2.33. The Labute approximate surface area is 201 Å². The number of hydrogen-bond donors (Lipinski definition) is 1. The van der Waals surface area contributed by atoms with Crippen LogP contribution in [-0.4, -0.2) is 38.7 Å². The monoisotopic (exact) mass is 462 g/mol. The molecule has 0 spiro atoms. The summed E-state index contributed by atoms with van der Waals surface area (Å²) in [5.41, 5.74) is 4.25. The van der Waals surface area contributed by atoms with Crippen molar-refractivity contribution in [1.82, 2.24) is 19.8 Å². The summed E-state index contributed by atoms with van der Waals surface area (Å²) in [5, 5.41) is 4.21. The van der Waals surface area contributed by atoms with Crippen LogP contribution in [0.1, 0.15) is 73.7 Å². The van der Waals surface area contributed by atoms with E-state index < -0.39 is 0 Å². The van der Waals surface area contributed by atoms with E-state index in [1.165, 1.54) is 55.2 Å². The summed E-state index contributed by atoms with van der Waals surface area (Å²) in [7, 11) is 0. The van der Waals surface area contributed by atoms with Crippen molar-refractivity contribution in [3.05, 3.63) is 59.5 Å². The molecule has 1 N–H and O–H groups in total. The summed E-state index contributed by atoms with van der Waals surface area (Å²) < 4.78 is 2.54. The Kier molecular flexibility index (Phi) is 6.74. The maximum atomic E-state index is 12.9. The van der Waals surface area contributed by atoms with Gasteiger partial charge < -0.3 is 9.88 Å². The van der Waals surface area contributed by atoms with Crippen molar-refractivity contribution in [3.63, 3.8) is 0 Å². The average molecular weight is 463 g/mol. The molecule has 2 fully saturated rings. The maximum Gasteiger partial charge on any atom is 0.251 e. The number of carbonyl (C=O) groups excluding carboxylic acids is 1. The number of nitrogens with zero attached hydrogens (tertiary/aromatic N) is 3. The Hall–Kier alpha value is -2.31. The molecule has 5 rings (SSSR count). The van der Waals surface area contributed by atoms with E-state index in [0.29, 0.717) is 24.2 Å². The summed E-state index contributed by atoms with van der Waals surface area (Å²) in [4.78, 5) is 21.1. The molecule has 6 heteroatoms. The van der Waals surface area contributed by atoms with Crippen molar-refractivity contribution in [2.75, 3.05) is 12.3 Å². The largest absolute Gasteiger partial charge is 0.346 e. The van der Waals surface area contributed by atoms with Gasteiger partial charge in [0.05, 0.1) is 12.2 Å². The van der Waals surface area contributed by atoms with Gasteiger partial charge >= 0.3 is 0 Å². The fraction of sp³-hybridized carbons (Fsp3) is 0.481. The van der Waals surface area contributed by atoms with Gasteiger partial charge in [0.2, 0.25) is 0 Å². The number of aromatic nitrogens is 2. The van der Waals surface area contributed by atoms with Gasteiger partial charge in [-0.2, -0.15) is 0 Å². The van der Waals surface area contributed by atoms with E-state index in [1.54, 1.807) is 11.8 Å². The molecule has 1 aromatic carbocycles. The number of likely N-dealkylation sites (tertiary alicyclic amines) is 1. The van der Waals surface area contributed by atoms with Crippen molar-refractivity contribution >= 4 is 28.6 Å². The van der Waals surface area contributed by atoms with E-state index in [1.807, 2.05) is 18.3 Å². The minimum atomic E-state index is -0.0453. The number of piperidine rings is 1. The van der Waals surface area contributed by atoms with Gasteiger partial charge in [-0.1, -0.05) is 13.3 Å². The number of thioether (sulfide) groups is 1. The highest BCUT2D eigenvalue weighted by molar-refractivity contribution is 7.99. The standard InChI is InChI=1S/C27H34N4OS/c1-3-33-25-11-8-22(28-17-25)16-29-27(32)20-7-12-26-21(14-20)15-24(31(26)23-9-10-23)18-30-13-5-4-6-19(30)2/h7-8,11-12,14-15,17,19,23H,3-6,9-10,13,16,18H2,1-2H3,(H,29,32)/t19-/m1/s1. The van der Waals surface area contributed by atoms with Gasteiger partial charge in [0, 0.05) is 51.9 Å². The van der Waals surface area contributed by atoms with Crippen molar-refractivity contribution in [1.29, 1.82) is 0 Å². The van der Waals surface area contributed by atoms with E-state index in [0.717, 1.165) is 22.9 Å². The fourth-order valence-corrected chi connectivity index (χ4v) is 5.59. The molecular weight excluding hydrogens is 428 g/mol. The van der Waals surface area contributed by atoms with Crippen LogP contribution in [0.4, 0.5) is 0 Å². The van der Waals surface area contributed by atoms with Crippen LogP contribution in [0.2, 0.25) is 0 Å². The molecule has 5 nitrogen and oxygen atoms in total. The van der Waals surface area contributed by atoms with Crippen LogP contribution in [-0.2, 0) is 13.1 Å². The highest BCUT2D eigenvalue weighted by atomic mass is 32.2. The lowest BCUT2D eigenvalue weighted by molar-refractivity contribution is 0.0950. The third-order valence-electron chi connectivity index (χ3n) is 6.94. The lowest BCUT2D eigenvalue weighted by atomic mass is 10.0. The summed E-state index contributed by atoms with van der Waals surface area (Å²) in [5.74, 6) is 0.984. The molecule has 2 aliphatic rings. The van der Waals surface area contributed by atoms with Gasteiger partial charge in [-0.3, -0.25) is 14.7 Å². The molecule has 2 aromatic heterocycles. The fourth-order valence-electron chi connectivity index (χ4n) is 4.96. The first-order valence-electron chi connectivity index (χ1n) is 12.4. The van der Waals surface area contributed by atoms with Gasteiger partial charge in [-0.05, 0) is 81.3 Å². The quantitative estimate of drug-likeness (QED) is 0.431. The van der Waals surface area contributed by atoms with Gasteiger partial charge in [-0.25, -0.2) is 0 Å². The first kappa shape index (κ1) is 22.5. The zero-order valence-electron chi connectivity index (χ0n) is 19.7. The van der Waals surface area contributed by atoms with Gasteiger partial charge in [0.1, 0.15) is 0 Å². The summed E-state index contributed by atoms with van der Waals surface area (Å²) in [6.45, 7) is 7.12. The van der Waals surface area contributed by atoms with Gasteiger partial charge in [0.25, 0.3) is 5.91 Å². The summed E-state index contributed by atoms with van der Waals surface area (Å²) in [6, 6.07) is 13.8. The zero-order chi connectivity index (χ0) is 22.8. The second-order valence-corrected chi connectivity index (χ2v) is 10.8. The molecule has 3 aromatic rings. The van der Waals surface area contributed by atoms with E-state index in [4.69, 9.17) is 0 Å². The zero-order valence-corrected chi connectivity index (χ0v) is 20.5. The van der Waals surface area contributed by atoms with E-state index in [2.05, 4.69) is 57.9 Å². The molecule has 1 saturated carbocycles. The molecule has 1 aliphatic carbocycles. The molecule has 1 amide bonds. The number of rotatable bonds is 8. The molecule has 1 saturated heterocycles. The van der Waals surface area contributed by atoms with Gasteiger partial charge in [-0.15, -0.1) is 11.8 Å². The molecule has 0 bridgehead atoms. The highest BCUT2D eigenvalue weighted by Gasteiger charge is 2.29. The minimum absolute atomic E-state index is 0.0453. The molecule has 174 valence electrons. The topological polar surface area (TPSA) is 50.2 Å². The SMILES string of the molecule is CCSc1ccc(CNC(=O)c2ccc3c(c2)cc(CN2CCCC[C@H]2C)n3C2CC2)nc1. The van der Waals surface area contributed by atoms with Gasteiger partial charge in [0.15, 0.2) is 0 Å². The van der Waals surface area contributed by atoms with Crippen LogP contribution in [0.5, 0.6) is 0 Å². The molecule has 1 aliphatic heterocycles. The van der Waals surface area contributed by atoms with Crippen molar-refractivity contribution in [2.24, 2.45) is 0 Å². The minimum Gasteiger partial charge on any atom is -0.346 e. The van der Waals surface area contributed by atoms with E-state index >= 15 is 0 Å². The number of carbonyl (C=O) groups is 1. The van der Waals surface area contributed by atoms with Crippen molar-refractivity contribution in [2.45, 2.75) is 76.0 Å². The number of amides is 1. The van der Waals surface area contributed by atoms with Crippen molar-refractivity contribution < 1.29 is 4.79 Å². The second kappa shape index (κ2) is 9.90. The lowest BCUT2D eigenvalue weighted by Crippen LogP contribution is -2.37. The van der Waals surface area contributed by atoms with E-state index in [9.17, 15) is 4.79 Å². The van der Waals surface area contributed by atoms with Crippen LogP contribution >= 0.6 is 11.8 Å². The number of nitrogens with one attached hydrogen (secondary N) is 1. The highest BCUT2D eigenvalue weighted by Crippen LogP contribution is 2.40. The number of fused-ring (bicyclic) bond motifs is 1. The smallest absolute Gasteiger partial charge is 0.251 e. The Morgan fingerprint density at radius 1 is 1.15 bits per heavy atom. The summed E-state index contributed by atoms with van der Waals surface area (Å²) in [6.07, 6.45) is 8.34. The molecule has 0 unspecified atom stereocenters. The Balaban J connectivity index is 1.31. The average Bonchev–Trinajstić information content (AvgIpc) is 3.60. The second-order valence-electron chi connectivity index (χ2n) is 9.43. The van der Waals surface area contributed by atoms with Crippen LogP contribution < -0.4 is 5.32 Å². The number of pyridine rings is 1. The Bertz CT molecular complexity index is 1120. The number of benzene rings is 1. The van der Waals surface area contributed by atoms with Crippen LogP contribution in [0.25, 0.3) is 10.9 Å². The molecule has 33 heavy (non-hydrogen) atoms.